The molecule has 0 spiro atoms. The van der Waals surface area contributed by atoms with E-state index < -0.39 is 30.2 Å². The predicted molar refractivity (Wildman–Crippen MR) is 99.5 cm³/mol. The van der Waals surface area contributed by atoms with Gasteiger partial charge in [-0.05, 0) is 48.7 Å². The van der Waals surface area contributed by atoms with Gasteiger partial charge in [0.2, 0.25) is 0 Å². The van der Waals surface area contributed by atoms with Gasteiger partial charge in [0.25, 0.3) is 0 Å². The number of rotatable bonds is 10. The quantitative estimate of drug-likeness (QED) is 0.288. The number of unbranched alkanes of at least 4 members (excludes halogenated alkanes) is 1. The second kappa shape index (κ2) is 10.1. The van der Waals surface area contributed by atoms with Crippen LogP contribution in [0, 0.1) is 0 Å². The summed E-state index contributed by atoms with van der Waals surface area (Å²) in [4.78, 5) is 11.3. The van der Waals surface area contributed by atoms with Crippen LogP contribution in [-0.2, 0) is 4.79 Å². The molecular formula is C21H19F5O4. The first kappa shape index (κ1) is 23.2. The maximum absolute atomic E-state index is 14.4. The van der Waals surface area contributed by atoms with E-state index in [1.54, 1.807) is 18.2 Å². The molecule has 162 valence electrons. The van der Waals surface area contributed by atoms with E-state index in [2.05, 4.69) is 4.74 Å². The van der Waals surface area contributed by atoms with E-state index in [0.717, 1.165) is 18.2 Å². The summed E-state index contributed by atoms with van der Waals surface area (Å²) >= 11 is 0. The van der Waals surface area contributed by atoms with Crippen molar-refractivity contribution in [2.75, 3.05) is 6.61 Å². The summed E-state index contributed by atoms with van der Waals surface area (Å²) in [6.07, 6.45) is -8.30. The van der Waals surface area contributed by atoms with Crippen LogP contribution < -0.4 is 9.47 Å². The molecule has 0 bridgehead atoms. The molecule has 0 atom stereocenters. The van der Waals surface area contributed by atoms with Crippen molar-refractivity contribution in [3.05, 3.63) is 65.7 Å². The number of alkyl halides is 5. The average Bonchev–Trinajstić information content (AvgIpc) is 2.66. The number of carboxylic acids is 1. The van der Waals surface area contributed by atoms with Crippen molar-refractivity contribution >= 4 is 12.0 Å². The van der Waals surface area contributed by atoms with Gasteiger partial charge in [0, 0.05) is 6.42 Å². The van der Waals surface area contributed by atoms with Crippen LogP contribution in [-0.4, -0.2) is 30.0 Å². The van der Waals surface area contributed by atoms with E-state index >= 15 is 0 Å². The van der Waals surface area contributed by atoms with Crippen LogP contribution in [0.2, 0.25) is 0 Å². The fraction of sp³-hybridized carbons (Fsp3) is 0.286. The van der Waals surface area contributed by atoms with Crippen LogP contribution >= 0.6 is 0 Å². The van der Waals surface area contributed by atoms with E-state index in [1.807, 2.05) is 0 Å². The number of halogens is 5. The molecule has 2 rings (SSSR count). The van der Waals surface area contributed by atoms with Crippen LogP contribution in [0.3, 0.4) is 0 Å². The minimum absolute atomic E-state index is 0.0371. The Balaban J connectivity index is 1.97. The smallest absolute Gasteiger partial charge is 0.433 e. The summed E-state index contributed by atoms with van der Waals surface area (Å²) in [6, 6.07) is 12.7. The van der Waals surface area contributed by atoms with Crippen LogP contribution in [0.4, 0.5) is 22.0 Å². The van der Waals surface area contributed by atoms with Gasteiger partial charge in [0.05, 0.1) is 6.61 Å². The van der Waals surface area contributed by atoms with Gasteiger partial charge in [-0.15, -0.1) is 0 Å². The monoisotopic (exact) mass is 430 g/mol. The number of carbonyl (C=O) groups is 1. The molecule has 2 aromatic carbocycles. The fourth-order valence-corrected chi connectivity index (χ4v) is 2.41. The van der Waals surface area contributed by atoms with Crippen molar-refractivity contribution in [3.8, 4) is 11.5 Å². The lowest BCUT2D eigenvalue weighted by Crippen LogP contribution is -2.31. The average molecular weight is 430 g/mol. The summed E-state index contributed by atoms with van der Waals surface area (Å²) in [5.41, 5.74) is -0.967. The molecule has 0 heterocycles. The highest BCUT2D eigenvalue weighted by Gasteiger charge is 2.42. The second-order valence-corrected chi connectivity index (χ2v) is 6.28. The lowest BCUT2D eigenvalue weighted by Gasteiger charge is -2.19. The Morgan fingerprint density at radius 3 is 2.07 bits per heavy atom. The van der Waals surface area contributed by atoms with Crippen LogP contribution in [0.25, 0.3) is 6.08 Å². The lowest BCUT2D eigenvalue weighted by molar-refractivity contribution is -0.160. The number of hydrogen-bond donors (Lipinski definition) is 1. The van der Waals surface area contributed by atoms with Gasteiger partial charge in [-0.25, -0.2) is 4.79 Å². The molecule has 0 aliphatic heterocycles. The molecule has 0 amide bonds. The summed E-state index contributed by atoms with van der Waals surface area (Å²) in [5.74, 6) is -1.87. The highest BCUT2D eigenvalue weighted by Crippen LogP contribution is 2.31. The fourth-order valence-electron chi connectivity index (χ4n) is 2.41. The van der Waals surface area contributed by atoms with Crippen molar-refractivity contribution in [2.24, 2.45) is 0 Å². The van der Waals surface area contributed by atoms with Crippen LogP contribution in [0.1, 0.15) is 24.8 Å². The summed E-state index contributed by atoms with van der Waals surface area (Å²) < 4.78 is 74.8. The molecule has 30 heavy (non-hydrogen) atoms. The Kier molecular flexibility index (Phi) is 7.79. The minimum atomic E-state index is -4.21. The third-order valence-corrected chi connectivity index (χ3v) is 3.85. The first-order valence-electron chi connectivity index (χ1n) is 8.94. The molecule has 0 fully saturated rings. The van der Waals surface area contributed by atoms with Crippen LogP contribution in [0.15, 0.2) is 60.2 Å². The van der Waals surface area contributed by atoms with Crippen molar-refractivity contribution < 1.29 is 41.3 Å². The molecule has 0 aromatic heterocycles. The van der Waals surface area contributed by atoms with E-state index in [4.69, 9.17) is 9.84 Å². The van der Waals surface area contributed by atoms with E-state index in [0.29, 0.717) is 0 Å². The summed E-state index contributed by atoms with van der Waals surface area (Å²) in [6.45, 7) is 0.0371. The topological polar surface area (TPSA) is 55.8 Å². The second-order valence-electron chi connectivity index (χ2n) is 6.28. The third-order valence-electron chi connectivity index (χ3n) is 3.85. The van der Waals surface area contributed by atoms with E-state index in [-0.39, 0.29) is 36.5 Å². The van der Waals surface area contributed by atoms with E-state index in [9.17, 15) is 26.7 Å². The largest absolute Gasteiger partial charge is 0.494 e. The Morgan fingerprint density at radius 1 is 0.900 bits per heavy atom. The van der Waals surface area contributed by atoms with Gasteiger partial charge >= 0.3 is 18.3 Å². The SMILES string of the molecule is O=C(O)/C(=C/c1ccccc1)C(F)(F)Oc1ccc(OCCCCC(F)(F)F)cc1. The summed E-state index contributed by atoms with van der Waals surface area (Å²) in [5, 5.41) is 9.16. The van der Waals surface area contributed by atoms with Crippen molar-refractivity contribution in [1.82, 2.24) is 0 Å². The Labute approximate surface area is 169 Å². The predicted octanol–water partition coefficient (Wildman–Crippen LogP) is 5.94. The normalized spacial score (nSPS) is 12.5. The number of benzene rings is 2. The van der Waals surface area contributed by atoms with Gasteiger partial charge in [0.15, 0.2) is 0 Å². The lowest BCUT2D eigenvalue weighted by atomic mass is 10.1. The number of aliphatic carboxylic acids is 1. The molecule has 0 unspecified atom stereocenters. The Hall–Kier alpha value is -3.10. The van der Waals surface area contributed by atoms with Crippen molar-refractivity contribution in [2.45, 2.75) is 31.5 Å². The Bertz CT molecular complexity index is 846. The number of ether oxygens (including phenoxy) is 2. The highest BCUT2D eigenvalue weighted by atomic mass is 19.4. The number of carboxylic acid groups (broad SMARTS) is 1. The zero-order valence-corrected chi connectivity index (χ0v) is 15.7. The number of hydrogen-bond acceptors (Lipinski definition) is 3. The molecule has 0 saturated heterocycles. The minimum Gasteiger partial charge on any atom is -0.494 e. The molecular weight excluding hydrogens is 411 g/mol. The molecule has 0 aliphatic carbocycles. The summed E-state index contributed by atoms with van der Waals surface area (Å²) in [7, 11) is 0. The van der Waals surface area contributed by atoms with E-state index in [1.165, 1.54) is 24.3 Å². The standard InChI is InChI=1S/C21H19F5O4/c22-20(23,24)12-4-5-13-29-16-8-10-17(11-9-16)30-21(25,26)18(19(27)28)14-15-6-2-1-3-7-15/h1-3,6-11,14H,4-5,12-13H2,(H,27,28)/b18-14-. The zero-order chi connectivity index (χ0) is 22.2. The van der Waals surface area contributed by atoms with Crippen molar-refractivity contribution in [3.63, 3.8) is 0 Å². The molecule has 1 N–H and O–H groups in total. The first-order valence-corrected chi connectivity index (χ1v) is 8.94. The molecule has 0 radical (unpaired) electrons. The van der Waals surface area contributed by atoms with Gasteiger partial charge < -0.3 is 14.6 Å². The van der Waals surface area contributed by atoms with Gasteiger partial charge in [-0.2, -0.15) is 22.0 Å². The molecule has 0 saturated carbocycles. The molecule has 0 aliphatic rings. The van der Waals surface area contributed by atoms with Gasteiger partial charge in [-0.1, -0.05) is 30.3 Å². The Morgan fingerprint density at radius 2 is 1.50 bits per heavy atom. The molecule has 4 nitrogen and oxygen atoms in total. The molecule has 2 aromatic rings. The first-order chi connectivity index (χ1) is 14.1. The maximum Gasteiger partial charge on any atom is 0.433 e. The highest BCUT2D eigenvalue weighted by molar-refractivity contribution is 5.93. The third kappa shape index (κ3) is 7.73. The zero-order valence-electron chi connectivity index (χ0n) is 15.7. The molecule has 9 heteroatoms. The van der Waals surface area contributed by atoms with Gasteiger partial charge in [-0.3, -0.25) is 0 Å². The van der Waals surface area contributed by atoms with Crippen molar-refractivity contribution in [1.29, 1.82) is 0 Å². The maximum atomic E-state index is 14.4. The van der Waals surface area contributed by atoms with Crippen LogP contribution in [0.5, 0.6) is 11.5 Å². The van der Waals surface area contributed by atoms with Gasteiger partial charge in [0.1, 0.15) is 17.1 Å².